The van der Waals surface area contributed by atoms with Gasteiger partial charge in [0.2, 0.25) is 0 Å². The first kappa shape index (κ1) is 35.8. The Morgan fingerprint density at radius 2 is 0.609 bits per heavy atom. The molecular weight excluding hydrogens is 813 g/mol. The molecule has 4 heteroatoms. The van der Waals surface area contributed by atoms with Crippen LogP contribution in [0.25, 0.3) is 129 Å². The Balaban J connectivity index is 1.01. The van der Waals surface area contributed by atoms with Gasteiger partial charge < -0.3 is 9.13 Å². The van der Waals surface area contributed by atoms with Crippen LogP contribution in [0.3, 0.4) is 0 Å². The van der Waals surface area contributed by atoms with Gasteiger partial charge in [-0.25, -0.2) is 0 Å². The summed E-state index contributed by atoms with van der Waals surface area (Å²) in [7, 11) is 0. The molecule has 0 saturated heterocycles. The predicted molar refractivity (Wildman–Crippen MR) is 277 cm³/mol. The van der Waals surface area contributed by atoms with Gasteiger partial charge in [0.1, 0.15) is 0 Å². The molecule has 0 aliphatic heterocycles. The summed E-state index contributed by atoms with van der Waals surface area (Å²) in [5, 5.41) is 10.3. The van der Waals surface area contributed by atoms with Gasteiger partial charge in [0, 0.05) is 73.3 Å². The Kier molecular flexibility index (Phi) is 7.76. The maximum Gasteiger partial charge on any atom is 0.0555 e. The highest BCUT2D eigenvalue weighted by molar-refractivity contribution is 7.26. The summed E-state index contributed by atoms with van der Waals surface area (Å²) in [6, 6.07) is 81.0. The lowest BCUT2D eigenvalue weighted by Gasteiger charge is -2.11. The van der Waals surface area contributed by atoms with Gasteiger partial charge in [-0.15, -0.1) is 22.7 Å². The molecule has 4 aromatic heterocycles. The lowest BCUT2D eigenvalue weighted by molar-refractivity contribution is 1.18. The highest BCUT2D eigenvalue weighted by Gasteiger charge is 2.20. The van der Waals surface area contributed by atoms with Gasteiger partial charge in [-0.2, -0.15) is 0 Å². The first-order valence-electron chi connectivity index (χ1n) is 21.8. The molecule has 14 aromatic rings. The molecule has 0 aliphatic rings. The van der Waals surface area contributed by atoms with E-state index in [1.165, 1.54) is 117 Å². The van der Waals surface area contributed by atoms with E-state index in [1.54, 1.807) is 0 Å². The topological polar surface area (TPSA) is 9.86 Å². The monoisotopic (exact) mass is 848 g/mol. The van der Waals surface area contributed by atoms with E-state index >= 15 is 0 Å². The van der Waals surface area contributed by atoms with E-state index in [0.29, 0.717) is 0 Å². The van der Waals surface area contributed by atoms with Gasteiger partial charge in [0.05, 0.1) is 22.1 Å². The smallest absolute Gasteiger partial charge is 0.0555 e. The summed E-state index contributed by atoms with van der Waals surface area (Å²) < 4.78 is 10.2. The summed E-state index contributed by atoms with van der Waals surface area (Å²) in [6.07, 6.45) is 0. The SMILES string of the molecule is c1ccc(-c2cccc(-n3c4ccc(-c5ccc6c(c5)c5cc7c(cc5n6-c5cccc(-c6ccccc6)c5)sc5ccccc57)cc4c4cc5c(cc43)sc3ccccc35)c2)cc1. The molecule has 0 bridgehead atoms. The highest BCUT2D eigenvalue weighted by Crippen LogP contribution is 2.45. The van der Waals surface area contributed by atoms with Gasteiger partial charge in [-0.1, -0.05) is 133 Å². The molecule has 0 fully saturated rings. The van der Waals surface area contributed by atoms with Gasteiger partial charge in [0.25, 0.3) is 0 Å². The molecule has 0 spiro atoms. The number of benzene rings is 10. The van der Waals surface area contributed by atoms with Crippen LogP contribution in [-0.4, -0.2) is 9.13 Å². The third kappa shape index (κ3) is 5.43. The number of thiophene rings is 2. The molecule has 0 unspecified atom stereocenters. The summed E-state index contributed by atoms with van der Waals surface area (Å²) in [5.41, 5.74) is 14.4. The zero-order valence-corrected chi connectivity index (χ0v) is 36.1. The second-order valence-electron chi connectivity index (χ2n) is 16.9. The van der Waals surface area contributed by atoms with Crippen molar-refractivity contribution in [1.29, 1.82) is 0 Å². The molecule has 0 N–H and O–H groups in total. The molecule has 0 saturated carbocycles. The Labute approximate surface area is 376 Å². The Hall–Kier alpha value is -7.76. The molecule has 2 nitrogen and oxygen atoms in total. The number of fused-ring (bicyclic) bond motifs is 12. The van der Waals surface area contributed by atoms with Crippen LogP contribution in [0.2, 0.25) is 0 Å². The van der Waals surface area contributed by atoms with Crippen LogP contribution in [0.1, 0.15) is 0 Å². The van der Waals surface area contributed by atoms with Gasteiger partial charge in [0.15, 0.2) is 0 Å². The van der Waals surface area contributed by atoms with Crippen molar-refractivity contribution in [2.24, 2.45) is 0 Å². The number of nitrogens with zero attached hydrogens (tertiary/aromatic N) is 2. The third-order valence-corrected chi connectivity index (χ3v) is 15.6. The van der Waals surface area contributed by atoms with Gasteiger partial charge >= 0.3 is 0 Å². The Morgan fingerprint density at radius 1 is 0.219 bits per heavy atom. The van der Waals surface area contributed by atoms with Crippen LogP contribution in [0, 0.1) is 0 Å². The summed E-state index contributed by atoms with van der Waals surface area (Å²) in [4.78, 5) is 0. The van der Waals surface area contributed by atoms with Crippen LogP contribution in [-0.2, 0) is 0 Å². The minimum absolute atomic E-state index is 1.16. The largest absolute Gasteiger partial charge is 0.309 e. The lowest BCUT2D eigenvalue weighted by atomic mass is 10.00. The van der Waals surface area contributed by atoms with E-state index in [-0.39, 0.29) is 0 Å². The fourth-order valence-corrected chi connectivity index (χ4v) is 12.5. The maximum atomic E-state index is 2.47. The molecule has 0 amide bonds. The van der Waals surface area contributed by atoms with E-state index in [2.05, 4.69) is 228 Å². The van der Waals surface area contributed by atoms with Crippen molar-refractivity contribution >= 4 is 107 Å². The van der Waals surface area contributed by atoms with Gasteiger partial charge in [-0.05, 0) is 118 Å². The van der Waals surface area contributed by atoms with E-state index in [4.69, 9.17) is 0 Å². The molecule has 64 heavy (non-hydrogen) atoms. The molecular formula is C60H36N2S2. The second kappa shape index (κ2) is 13.9. The molecule has 0 radical (unpaired) electrons. The molecule has 298 valence electrons. The van der Waals surface area contributed by atoms with Crippen molar-refractivity contribution < 1.29 is 0 Å². The average Bonchev–Trinajstić information content (AvgIpc) is 4.10. The van der Waals surface area contributed by atoms with E-state index in [0.717, 1.165) is 11.4 Å². The summed E-state index contributed by atoms with van der Waals surface area (Å²) >= 11 is 3.76. The molecule has 0 atom stereocenters. The second-order valence-corrected chi connectivity index (χ2v) is 19.1. The van der Waals surface area contributed by atoms with E-state index < -0.39 is 0 Å². The third-order valence-electron chi connectivity index (χ3n) is 13.3. The van der Waals surface area contributed by atoms with Crippen molar-refractivity contribution in [3.8, 4) is 44.8 Å². The summed E-state index contributed by atoms with van der Waals surface area (Å²) in [5.74, 6) is 0. The average molecular weight is 849 g/mol. The normalized spacial score (nSPS) is 12.1. The number of hydrogen-bond acceptors (Lipinski definition) is 2. The highest BCUT2D eigenvalue weighted by atomic mass is 32.1. The zero-order valence-electron chi connectivity index (χ0n) is 34.5. The minimum Gasteiger partial charge on any atom is -0.309 e. The minimum atomic E-state index is 1.16. The molecule has 14 rings (SSSR count). The zero-order chi connectivity index (χ0) is 41.9. The Bertz CT molecular complexity index is 3910. The quantitative estimate of drug-likeness (QED) is 0.163. The van der Waals surface area contributed by atoms with Crippen LogP contribution in [0.5, 0.6) is 0 Å². The van der Waals surface area contributed by atoms with Crippen molar-refractivity contribution in [3.63, 3.8) is 0 Å². The molecule has 0 aliphatic carbocycles. The number of aromatic nitrogens is 2. The van der Waals surface area contributed by atoms with Crippen molar-refractivity contribution in [1.82, 2.24) is 9.13 Å². The van der Waals surface area contributed by atoms with Gasteiger partial charge in [-0.3, -0.25) is 0 Å². The van der Waals surface area contributed by atoms with E-state index in [9.17, 15) is 0 Å². The van der Waals surface area contributed by atoms with Crippen LogP contribution >= 0.6 is 22.7 Å². The van der Waals surface area contributed by atoms with Crippen molar-refractivity contribution in [3.05, 3.63) is 218 Å². The maximum absolute atomic E-state index is 2.47. The van der Waals surface area contributed by atoms with Crippen LogP contribution in [0.4, 0.5) is 0 Å². The predicted octanol–water partition coefficient (Wildman–Crippen LogP) is 17.6. The van der Waals surface area contributed by atoms with Crippen LogP contribution in [0.15, 0.2) is 218 Å². The van der Waals surface area contributed by atoms with E-state index in [1.807, 2.05) is 22.7 Å². The first-order valence-corrected chi connectivity index (χ1v) is 23.4. The fourth-order valence-electron chi connectivity index (χ4n) is 10.3. The number of hydrogen-bond donors (Lipinski definition) is 0. The molecule has 4 heterocycles. The summed E-state index contributed by atoms with van der Waals surface area (Å²) in [6.45, 7) is 0. The van der Waals surface area contributed by atoms with Crippen molar-refractivity contribution in [2.75, 3.05) is 0 Å². The standard InChI is InChI=1S/C60H36N2S2/c1-3-13-37(14-4-1)39-17-11-19-43(29-39)61-53-27-25-41(31-47(53)49-33-51-45-21-7-9-23-57(45)63-59(51)35-55(49)61)42-26-28-54-48(32-42)50-34-52-46-22-8-10-24-58(46)64-60(52)36-56(50)62(54)44-20-12-18-40(30-44)38-15-5-2-6-16-38/h1-36H. The van der Waals surface area contributed by atoms with Crippen molar-refractivity contribution in [2.45, 2.75) is 0 Å². The van der Waals surface area contributed by atoms with Crippen LogP contribution < -0.4 is 0 Å². The lowest BCUT2D eigenvalue weighted by Crippen LogP contribution is -1.94. The molecule has 10 aromatic carbocycles. The first-order chi connectivity index (χ1) is 31.7. The fraction of sp³-hybridized carbons (Fsp3) is 0. The number of rotatable bonds is 5. The Morgan fingerprint density at radius 3 is 1.08 bits per heavy atom.